The summed E-state index contributed by atoms with van der Waals surface area (Å²) in [5, 5.41) is 7.20. The molecule has 1 N–H and O–H groups in total. The van der Waals surface area contributed by atoms with Gasteiger partial charge < -0.3 is 15.0 Å². The maximum Gasteiger partial charge on any atom is 0.244 e. The predicted octanol–water partition coefficient (Wildman–Crippen LogP) is 2.08. The monoisotopic (exact) mass is 352 g/mol. The molecule has 2 aromatic rings. The molecule has 0 aliphatic heterocycles. The second-order valence-corrected chi connectivity index (χ2v) is 5.67. The van der Waals surface area contributed by atoms with Crippen molar-refractivity contribution in [2.75, 3.05) is 21.2 Å². The minimum Gasteiger partial charge on any atom is -0.496 e. The molecule has 0 fully saturated rings. The van der Waals surface area contributed by atoms with Crippen molar-refractivity contribution in [2.45, 2.75) is 19.5 Å². The van der Waals surface area contributed by atoms with E-state index in [-0.39, 0.29) is 18.3 Å². The second-order valence-electron chi connectivity index (χ2n) is 5.67. The van der Waals surface area contributed by atoms with Crippen molar-refractivity contribution in [3.05, 3.63) is 47.3 Å². The molecule has 7 heteroatoms. The van der Waals surface area contributed by atoms with E-state index in [0.717, 1.165) is 22.4 Å². The van der Waals surface area contributed by atoms with Gasteiger partial charge in [-0.2, -0.15) is 5.10 Å². The summed E-state index contributed by atoms with van der Waals surface area (Å²) in [6, 6.07) is 5.56. The molecule has 0 bridgehead atoms. The summed E-state index contributed by atoms with van der Waals surface area (Å²) in [6.45, 7) is 2.54. The number of benzene rings is 1. The fourth-order valence-corrected chi connectivity index (χ4v) is 2.63. The Balaban J connectivity index is 0.00000288. The fraction of sp³-hybridized carbons (Fsp3) is 0.412. The van der Waals surface area contributed by atoms with Crippen LogP contribution in [0.2, 0.25) is 0 Å². The van der Waals surface area contributed by atoms with Crippen LogP contribution in [-0.2, 0) is 18.4 Å². The normalized spacial score (nSPS) is 11.5. The number of rotatable bonds is 6. The number of carbonyl (C=O) groups excluding carboxylic acids is 1. The number of hydrogen-bond donors (Lipinski definition) is 1. The Kier molecular flexibility index (Phi) is 7.25. The molecule has 2 rings (SSSR count). The lowest BCUT2D eigenvalue weighted by molar-refractivity contribution is -0.132. The number of nitrogens with one attached hydrogen (secondary N) is 1. The van der Waals surface area contributed by atoms with Gasteiger partial charge in [0, 0.05) is 32.4 Å². The summed E-state index contributed by atoms with van der Waals surface area (Å²) in [4.78, 5) is 14.4. The van der Waals surface area contributed by atoms with E-state index in [1.807, 2.05) is 45.4 Å². The first-order valence-corrected chi connectivity index (χ1v) is 7.50. The lowest BCUT2D eigenvalue weighted by Crippen LogP contribution is -2.37. The first-order valence-electron chi connectivity index (χ1n) is 7.50. The predicted molar refractivity (Wildman–Crippen MR) is 96.5 cm³/mol. The molecule has 1 unspecified atom stereocenters. The van der Waals surface area contributed by atoms with Crippen LogP contribution < -0.4 is 10.1 Å². The van der Waals surface area contributed by atoms with Gasteiger partial charge >= 0.3 is 0 Å². The summed E-state index contributed by atoms with van der Waals surface area (Å²) in [5.74, 6) is 0.861. The Hall–Kier alpha value is -2.05. The van der Waals surface area contributed by atoms with Crippen molar-refractivity contribution in [1.82, 2.24) is 20.0 Å². The number of likely N-dealkylation sites (N-methyl/N-ethyl adjacent to an activating group) is 2. The first kappa shape index (κ1) is 20.0. The van der Waals surface area contributed by atoms with E-state index in [1.54, 1.807) is 29.9 Å². The van der Waals surface area contributed by atoms with Crippen LogP contribution in [0.3, 0.4) is 0 Å². The molecule has 0 aliphatic carbocycles. The average molecular weight is 353 g/mol. The fourth-order valence-electron chi connectivity index (χ4n) is 2.63. The Morgan fingerprint density at radius 1 is 1.46 bits per heavy atom. The van der Waals surface area contributed by atoms with Crippen LogP contribution in [0.1, 0.15) is 22.7 Å². The molecule has 0 aliphatic rings. The number of nitrogens with zero attached hydrogens (tertiary/aromatic N) is 3. The largest absolute Gasteiger partial charge is 0.496 e. The van der Waals surface area contributed by atoms with E-state index in [4.69, 9.17) is 4.74 Å². The maximum atomic E-state index is 12.7. The summed E-state index contributed by atoms with van der Waals surface area (Å²) >= 11 is 0. The van der Waals surface area contributed by atoms with Crippen molar-refractivity contribution < 1.29 is 9.53 Å². The zero-order valence-electron chi connectivity index (χ0n) is 14.7. The highest BCUT2D eigenvalue weighted by Crippen LogP contribution is 2.20. The van der Waals surface area contributed by atoms with Crippen LogP contribution >= 0.6 is 12.4 Å². The third-order valence-electron chi connectivity index (χ3n) is 3.85. The third-order valence-corrected chi connectivity index (χ3v) is 3.85. The van der Waals surface area contributed by atoms with Gasteiger partial charge in [-0.3, -0.25) is 9.48 Å². The minimum atomic E-state index is -0.395. The molecule has 1 amide bonds. The lowest BCUT2D eigenvalue weighted by atomic mass is 10.1. The number of carbonyl (C=O) groups is 1. The Labute approximate surface area is 149 Å². The van der Waals surface area contributed by atoms with Crippen LogP contribution in [-0.4, -0.2) is 41.8 Å². The Morgan fingerprint density at radius 2 is 2.17 bits per heavy atom. The Morgan fingerprint density at radius 3 is 2.67 bits per heavy atom. The van der Waals surface area contributed by atoms with Crippen molar-refractivity contribution in [3.63, 3.8) is 0 Å². The topological polar surface area (TPSA) is 59.4 Å². The van der Waals surface area contributed by atoms with Gasteiger partial charge in [0.1, 0.15) is 11.8 Å². The van der Waals surface area contributed by atoms with Gasteiger partial charge in [-0.25, -0.2) is 0 Å². The highest BCUT2D eigenvalue weighted by molar-refractivity contribution is 5.85. The molecule has 1 atom stereocenters. The smallest absolute Gasteiger partial charge is 0.244 e. The SMILES string of the molecule is CNC(C(=O)N(C)Cc1ccc(OC)c(C)c1)c1cnn(C)c1.Cl. The lowest BCUT2D eigenvalue weighted by Gasteiger charge is -2.23. The van der Waals surface area contributed by atoms with Crippen molar-refractivity contribution >= 4 is 18.3 Å². The van der Waals surface area contributed by atoms with E-state index in [9.17, 15) is 4.79 Å². The first-order chi connectivity index (χ1) is 11.0. The minimum absolute atomic E-state index is 0. The second kappa shape index (κ2) is 8.70. The zero-order valence-corrected chi connectivity index (χ0v) is 15.6. The molecule has 6 nitrogen and oxygen atoms in total. The molecule has 0 spiro atoms. The van der Waals surface area contributed by atoms with Gasteiger partial charge in [-0.1, -0.05) is 12.1 Å². The molecule has 1 heterocycles. The van der Waals surface area contributed by atoms with E-state index >= 15 is 0 Å². The van der Waals surface area contributed by atoms with Crippen LogP contribution in [0.15, 0.2) is 30.6 Å². The molecule has 0 radical (unpaired) electrons. The molecular weight excluding hydrogens is 328 g/mol. The van der Waals surface area contributed by atoms with E-state index in [0.29, 0.717) is 6.54 Å². The highest BCUT2D eigenvalue weighted by atomic mass is 35.5. The van der Waals surface area contributed by atoms with Gasteiger partial charge in [-0.15, -0.1) is 12.4 Å². The molecule has 0 saturated heterocycles. The number of ether oxygens (including phenoxy) is 1. The number of amides is 1. The summed E-state index contributed by atoms with van der Waals surface area (Å²) in [7, 11) is 7.08. The van der Waals surface area contributed by atoms with Crippen molar-refractivity contribution in [3.8, 4) is 5.75 Å². The third kappa shape index (κ3) is 4.49. The van der Waals surface area contributed by atoms with Gasteiger partial charge in [0.15, 0.2) is 0 Å². The van der Waals surface area contributed by atoms with E-state index < -0.39 is 6.04 Å². The molecule has 1 aromatic heterocycles. The molecular formula is C17H25ClN4O2. The van der Waals surface area contributed by atoms with Gasteiger partial charge in [0.05, 0.1) is 13.3 Å². The van der Waals surface area contributed by atoms with Crippen LogP contribution in [0.5, 0.6) is 5.75 Å². The molecule has 1 aromatic carbocycles. The van der Waals surface area contributed by atoms with Crippen LogP contribution in [0.25, 0.3) is 0 Å². The summed E-state index contributed by atoms with van der Waals surface area (Å²) in [5.41, 5.74) is 2.99. The number of halogens is 1. The quantitative estimate of drug-likeness (QED) is 0.864. The van der Waals surface area contributed by atoms with Crippen molar-refractivity contribution in [2.24, 2.45) is 7.05 Å². The maximum absolute atomic E-state index is 12.7. The number of aryl methyl sites for hydroxylation is 2. The summed E-state index contributed by atoms with van der Waals surface area (Å²) in [6.07, 6.45) is 3.56. The van der Waals surface area contributed by atoms with Gasteiger partial charge in [0.2, 0.25) is 5.91 Å². The van der Waals surface area contributed by atoms with E-state index in [1.165, 1.54) is 0 Å². The molecule has 24 heavy (non-hydrogen) atoms. The highest BCUT2D eigenvalue weighted by Gasteiger charge is 2.23. The molecule has 132 valence electrons. The van der Waals surface area contributed by atoms with Crippen LogP contribution in [0.4, 0.5) is 0 Å². The van der Waals surface area contributed by atoms with E-state index in [2.05, 4.69) is 10.4 Å². The number of aromatic nitrogens is 2. The van der Waals surface area contributed by atoms with Crippen molar-refractivity contribution in [1.29, 1.82) is 0 Å². The number of methoxy groups -OCH3 is 1. The van der Waals surface area contributed by atoms with Gasteiger partial charge in [0.25, 0.3) is 0 Å². The average Bonchev–Trinajstić information content (AvgIpc) is 2.94. The van der Waals surface area contributed by atoms with Gasteiger partial charge in [-0.05, 0) is 31.2 Å². The van der Waals surface area contributed by atoms with Crippen LogP contribution in [0, 0.1) is 6.92 Å². The zero-order chi connectivity index (χ0) is 17.0. The Bertz CT molecular complexity index is 687. The standard InChI is InChI=1S/C17H24N4O2.ClH/c1-12-8-13(6-7-15(12)23-5)10-20(3)17(22)16(18-2)14-9-19-21(4)11-14;/h6-9,11,16,18H,10H2,1-5H3;1H. The molecule has 0 saturated carbocycles. The number of hydrogen-bond acceptors (Lipinski definition) is 4. The summed E-state index contributed by atoms with van der Waals surface area (Å²) < 4.78 is 6.96.